The Bertz CT molecular complexity index is 1110. The monoisotopic (exact) mass is 407 g/mol. The SMILES string of the molecule is COc1ccc(NC(=O)c2nnc(CSc3ccc4ccccc4c3)s2)cc1. The van der Waals surface area contributed by atoms with Crippen LogP contribution in [-0.2, 0) is 5.75 Å². The van der Waals surface area contributed by atoms with Gasteiger partial charge in [0.1, 0.15) is 10.8 Å². The van der Waals surface area contributed by atoms with Gasteiger partial charge in [0.2, 0.25) is 5.01 Å². The Kier molecular flexibility index (Phi) is 5.55. The minimum atomic E-state index is -0.260. The van der Waals surface area contributed by atoms with E-state index in [1.807, 2.05) is 12.1 Å². The molecule has 1 aromatic heterocycles. The number of fused-ring (bicyclic) bond motifs is 1. The molecule has 0 aliphatic heterocycles. The van der Waals surface area contributed by atoms with Crippen molar-refractivity contribution in [2.45, 2.75) is 10.6 Å². The van der Waals surface area contributed by atoms with Gasteiger partial charge >= 0.3 is 0 Å². The van der Waals surface area contributed by atoms with Gasteiger partial charge in [-0.2, -0.15) is 0 Å². The number of rotatable bonds is 6. The Labute approximate surface area is 170 Å². The van der Waals surface area contributed by atoms with E-state index in [1.165, 1.54) is 22.1 Å². The van der Waals surface area contributed by atoms with Crippen LogP contribution in [0.5, 0.6) is 5.75 Å². The summed E-state index contributed by atoms with van der Waals surface area (Å²) in [6, 6.07) is 21.8. The molecule has 3 aromatic carbocycles. The number of nitrogens with one attached hydrogen (secondary N) is 1. The number of carbonyl (C=O) groups is 1. The van der Waals surface area contributed by atoms with E-state index >= 15 is 0 Å². The Morgan fingerprint density at radius 1 is 1.04 bits per heavy atom. The van der Waals surface area contributed by atoms with Crippen molar-refractivity contribution in [3.05, 3.63) is 76.7 Å². The number of amides is 1. The molecular weight excluding hydrogens is 390 g/mol. The highest BCUT2D eigenvalue weighted by molar-refractivity contribution is 7.98. The molecule has 0 aliphatic rings. The summed E-state index contributed by atoms with van der Waals surface area (Å²) in [7, 11) is 1.60. The van der Waals surface area contributed by atoms with E-state index in [9.17, 15) is 4.79 Å². The predicted octanol–water partition coefficient (Wildman–Crippen LogP) is 5.24. The quantitative estimate of drug-likeness (QED) is 0.443. The lowest BCUT2D eigenvalue weighted by atomic mass is 10.1. The van der Waals surface area contributed by atoms with Gasteiger partial charge in [-0.1, -0.05) is 41.7 Å². The molecule has 0 saturated heterocycles. The van der Waals surface area contributed by atoms with Gasteiger partial charge in [0.15, 0.2) is 0 Å². The molecule has 140 valence electrons. The molecule has 0 radical (unpaired) electrons. The number of nitrogens with zero attached hydrogens (tertiary/aromatic N) is 2. The van der Waals surface area contributed by atoms with E-state index in [1.54, 1.807) is 43.1 Å². The van der Waals surface area contributed by atoms with Crippen LogP contribution in [0.1, 0.15) is 14.8 Å². The van der Waals surface area contributed by atoms with Crippen LogP contribution in [0.15, 0.2) is 71.6 Å². The number of hydrogen-bond acceptors (Lipinski definition) is 6. The van der Waals surface area contributed by atoms with Gasteiger partial charge < -0.3 is 10.1 Å². The standard InChI is InChI=1S/C21H17N3O2S2/c1-26-17-9-7-16(8-10-17)22-20(25)21-24-23-19(28-21)13-27-18-11-6-14-4-2-3-5-15(14)12-18/h2-12H,13H2,1H3,(H,22,25). The highest BCUT2D eigenvalue weighted by Gasteiger charge is 2.13. The van der Waals surface area contributed by atoms with Crippen LogP contribution in [-0.4, -0.2) is 23.2 Å². The van der Waals surface area contributed by atoms with Crippen molar-refractivity contribution in [3.8, 4) is 5.75 Å². The first kappa shape index (κ1) is 18.5. The van der Waals surface area contributed by atoms with Crippen LogP contribution in [0.2, 0.25) is 0 Å². The molecule has 1 heterocycles. The van der Waals surface area contributed by atoms with E-state index in [2.05, 4.69) is 45.8 Å². The van der Waals surface area contributed by atoms with Crippen molar-refractivity contribution < 1.29 is 9.53 Å². The third-order valence-electron chi connectivity index (χ3n) is 4.09. The van der Waals surface area contributed by atoms with E-state index < -0.39 is 0 Å². The van der Waals surface area contributed by atoms with Gasteiger partial charge in [0, 0.05) is 10.6 Å². The number of carbonyl (C=O) groups excluding carboxylic acids is 1. The fourth-order valence-corrected chi connectivity index (χ4v) is 4.33. The number of thioether (sulfide) groups is 1. The maximum Gasteiger partial charge on any atom is 0.286 e. The summed E-state index contributed by atoms with van der Waals surface area (Å²) >= 11 is 2.99. The second kappa shape index (κ2) is 8.41. The lowest BCUT2D eigenvalue weighted by Gasteiger charge is -2.04. The van der Waals surface area contributed by atoms with Crippen molar-refractivity contribution in [1.82, 2.24) is 10.2 Å². The molecule has 0 atom stereocenters. The van der Waals surface area contributed by atoms with Crippen LogP contribution in [0.4, 0.5) is 5.69 Å². The minimum Gasteiger partial charge on any atom is -0.497 e. The van der Waals surface area contributed by atoms with Crippen LogP contribution < -0.4 is 10.1 Å². The van der Waals surface area contributed by atoms with E-state index in [-0.39, 0.29) is 5.91 Å². The Morgan fingerprint density at radius 2 is 1.82 bits per heavy atom. The molecule has 28 heavy (non-hydrogen) atoms. The topological polar surface area (TPSA) is 64.1 Å². The van der Waals surface area contributed by atoms with E-state index in [0.29, 0.717) is 16.4 Å². The average Bonchev–Trinajstić information content (AvgIpc) is 3.22. The van der Waals surface area contributed by atoms with Gasteiger partial charge in [0.25, 0.3) is 5.91 Å². The summed E-state index contributed by atoms with van der Waals surface area (Å²) in [4.78, 5) is 13.5. The summed E-state index contributed by atoms with van der Waals surface area (Å²) in [6.45, 7) is 0. The van der Waals surface area contributed by atoms with Crippen molar-refractivity contribution in [2.24, 2.45) is 0 Å². The van der Waals surface area contributed by atoms with Crippen LogP contribution in [0.25, 0.3) is 10.8 Å². The minimum absolute atomic E-state index is 0.260. The molecule has 4 rings (SSSR count). The number of benzene rings is 3. The fourth-order valence-electron chi connectivity index (χ4n) is 2.66. The molecule has 0 spiro atoms. The summed E-state index contributed by atoms with van der Waals surface area (Å²) in [5.74, 6) is 1.15. The van der Waals surface area contributed by atoms with Crippen molar-refractivity contribution in [3.63, 3.8) is 0 Å². The molecule has 0 unspecified atom stereocenters. The number of methoxy groups -OCH3 is 1. The van der Waals surface area contributed by atoms with Gasteiger partial charge in [-0.05, 0) is 47.2 Å². The highest BCUT2D eigenvalue weighted by atomic mass is 32.2. The Hall–Kier alpha value is -2.90. The molecule has 1 N–H and O–H groups in total. The van der Waals surface area contributed by atoms with Gasteiger partial charge in [-0.3, -0.25) is 4.79 Å². The smallest absolute Gasteiger partial charge is 0.286 e. The molecule has 0 saturated carbocycles. The summed E-state index contributed by atoms with van der Waals surface area (Å²) in [6.07, 6.45) is 0. The first-order valence-electron chi connectivity index (χ1n) is 8.61. The highest BCUT2D eigenvalue weighted by Crippen LogP contribution is 2.27. The first-order chi connectivity index (χ1) is 13.7. The third-order valence-corrected chi connectivity index (χ3v) is 6.20. The normalized spacial score (nSPS) is 10.8. The van der Waals surface area contributed by atoms with Gasteiger partial charge in [-0.15, -0.1) is 22.0 Å². The molecular formula is C21H17N3O2S2. The van der Waals surface area contributed by atoms with Crippen molar-refractivity contribution in [2.75, 3.05) is 12.4 Å². The van der Waals surface area contributed by atoms with Gasteiger partial charge in [0.05, 0.1) is 12.9 Å². The molecule has 0 bridgehead atoms. The largest absolute Gasteiger partial charge is 0.497 e. The number of anilines is 1. The molecule has 4 aromatic rings. The zero-order chi connectivity index (χ0) is 19.3. The maximum atomic E-state index is 12.4. The van der Waals surface area contributed by atoms with Crippen LogP contribution >= 0.6 is 23.1 Å². The summed E-state index contributed by atoms with van der Waals surface area (Å²) < 4.78 is 5.11. The van der Waals surface area contributed by atoms with Crippen molar-refractivity contribution in [1.29, 1.82) is 0 Å². The second-order valence-electron chi connectivity index (χ2n) is 5.98. The molecule has 1 amide bonds. The zero-order valence-electron chi connectivity index (χ0n) is 15.1. The zero-order valence-corrected chi connectivity index (χ0v) is 16.7. The molecule has 0 fully saturated rings. The number of aromatic nitrogens is 2. The number of ether oxygens (including phenoxy) is 1. The Balaban J connectivity index is 1.38. The maximum absolute atomic E-state index is 12.4. The average molecular weight is 408 g/mol. The molecule has 5 nitrogen and oxygen atoms in total. The molecule has 7 heteroatoms. The first-order valence-corrected chi connectivity index (χ1v) is 10.4. The van der Waals surface area contributed by atoms with E-state index in [0.717, 1.165) is 15.7 Å². The molecule has 0 aliphatic carbocycles. The third kappa shape index (κ3) is 4.32. The van der Waals surface area contributed by atoms with Crippen LogP contribution in [0, 0.1) is 0 Å². The Morgan fingerprint density at radius 3 is 2.61 bits per heavy atom. The number of hydrogen-bond donors (Lipinski definition) is 1. The predicted molar refractivity (Wildman–Crippen MR) is 114 cm³/mol. The second-order valence-corrected chi connectivity index (χ2v) is 8.09. The van der Waals surface area contributed by atoms with Gasteiger partial charge in [-0.25, -0.2) is 0 Å². The lowest BCUT2D eigenvalue weighted by Crippen LogP contribution is -2.11. The van der Waals surface area contributed by atoms with E-state index in [4.69, 9.17) is 4.74 Å². The fraction of sp³-hybridized carbons (Fsp3) is 0.0952. The summed E-state index contributed by atoms with van der Waals surface area (Å²) in [5, 5.41) is 14.6. The van der Waals surface area contributed by atoms with Crippen LogP contribution in [0.3, 0.4) is 0 Å². The summed E-state index contributed by atoms with van der Waals surface area (Å²) in [5.41, 5.74) is 0.688. The lowest BCUT2D eigenvalue weighted by molar-refractivity contribution is 0.102. The van der Waals surface area contributed by atoms with Crippen molar-refractivity contribution >= 4 is 45.5 Å².